The molecule has 0 radical (unpaired) electrons. The topological polar surface area (TPSA) is 20.2 Å². The number of rotatable bonds is 1. The molecule has 1 rings (SSSR count). The Morgan fingerprint density at radius 3 is 2.60 bits per heavy atom. The molecule has 58 valence electrons. The number of halogens is 1. The summed E-state index contributed by atoms with van der Waals surface area (Å²) in [6.45, 7) is 5.56. The van der Waals surface area contributed by atoms with Gasteiger partial charge in [0.2, 0.25) is 0 Å². The summed E-state index contributed by atoms with van der Waals surface area (Å²) in [5.74, 6) is 0. The normalized spacial score (nSPS) is 40.1. The van der Waals surface area contributed by atoms with Crippen LogP contribution in [0, 0.1) is 0 Å². The van der Waals surface area contributed by atoms with Gasteiger partial charge in [0.05, 0.1) is 5.38 Å². The van der Waals surface area contributed by atoms with Gasteiger partial charge in [-0.3, -0.25) is 0 Å². The van der Waals surface area contributed by atoms with Gasteiger partial charge in [0.25, 0.3) is 0 Å². The molecule has 0 amide bonds. The highest BCUT2D eigenvalue weighted by molar-refractivity contribution is 6.21. The van der Waals surface area contributed by atoms with Crippen LogP contribution >= 0.6 is 11.6 Å². The first-order valence-corrected chi connectivity index (χ1v) is 4.03. The Kier molecular flexibility index (Phi) is 2.07. The molecule has 0 aromatic rings. The van der Waals surface area contributed by atoms with Crippen LogP contribution in [0.25, 0.3) is 0 Å². The molecule has 2 heteroatoms. The highest BCUT2D eigenvalue weighted by Crippen LogP contribution is 2.38. The van der Waals surface area contributed by atoms with Gasteiger partial charge in [-0.2, -0.15) is 0 Å². The molecular weight excluding hydrogens is 148 g/mol. The molecule has 1 aliphatic carbocycles. The van der Waals surface area contributed by atoms with Crippen molar-refractivity contribution in [2.24, 2.45) is 0 Å². The molecule has 0 saturated heterocycles. The zero-order valence-electron chi connectivity index (χ0n) is 6.23. The van der Waals surface area contributed by atoms with Crippen molar-refractivity contribution in [2.45, 2.75) is 37.2 Å². The van der Waals surface area contributed by atoms with Gasteiger partial charge in [0.15, 0.2) is 0 Å². The summed E-state index contributed by atoms with van der Waals surface area (Å²) < 4.78 is 0. The first kappa shape index (κ1) is 8.09. The highest BCUT2D eigenvalue weighted by atomic mass is 35.5. The van der Waals surface area contributed by atoms with Crippen LogP contribution in [0.1, 0.15) is 26.2 Å². The van der Waals surface area contributed by atoms with E-state index in [0.717, 1.165) is 24.8 Å². The second-order valence-corrected chi connectivity index (χ2v) is 3.59. The van der Waals surface area contributed by atoms with Crippen LogP contribution in [-0.2, 0) is 0 Å². The van der Waals surface area contributed by atoms with Crippen LogP contribution in [0.3, 0.4) is 0 Å². The lowest BCUT2D eigenvalue weighted by Crippen LogP contribution is -2.34. The van der Waals surface area contributed by atoms with Crippen LogP contribution in [0.4, 0.5) is 0 Å². The minimum absolute atomic E-state index is 0.120. The number of hydrogen-bond donors (Lipinski definition) is 1. The van der Waals surface area contributed by atoms with E-state index < -0.39 is 5.60 Å². The lowest BCUT2D eigenvalue weighted by atomic mass is 9.94. The lowest BCUT2D eigenvalue weighted by Gasteiger charge is -2.26. The van der Waals surface area contributed by atoms with E-state index in [1.165, 1.54) is 0 Å². The fraction of sp³-hybridized carbons (Fsp3) is 0.750. The average molecular weight is 161 g/mol. The molecule has 1 nitrogen and oxygen atoms in total. The van der Waals surface area contributed by atoms with Gasteiger partial charge in [-0.15, -0.1) is 11.6 Å². The highest BCUT2D eigenvalue weighted by Gasteiger charge is 2.40. The van der Waals surface area contributed by atoms with Gasteiger partial charge in [-0.05, 0) is 31.8 Å². The zero-order valence-corrected chi connectivity index (χ0v) is 6.99. The second kappa shape index (κ2) is 2.55. The van der Waals surface area contributed by atoms with Gasteiger partial charge < -0.3 is 5.11 Å². The van der Waals surface area contributed by atoms with Gasteiger partial charge in [0.1, 0.15) is 5.60 Å². The Balaban J connectivity index is 2.75. The van der Waals surface area contributed by atoms with Crippen molar-refractivity contribution in [3.8, 4) is 0 Å². The van der Waals surface area contributed by atoms with E-state index in [9.17, 15) is 5.11 Å². The largest absolute Gasteiger partial charge is 0.384 e. The number of alkyl halides is 1. The van der Waals surface area contributed by atoms with E-state index in [2.05, 4.69) is 6.58 Å². The third-order valence-electron chi connectivity index (χ3n) is 2.27. The van der Waals surface area contributed by atoms with E-state index in [-0.39, 0.29) is 5.38 Å². The molecule has 0 aromatic heterocycles. The first-order chi connectivity index (χ1) is 4.57. The summed E-state index contributed by atoms with van der Waals surface area (Å²) in [5.41, 5.74) is 0.0201. The van der Waals surface area contributed by atoms with Crippen molar-refractivity contribution < 1.29 is 5.11 Å². The van der Waals surface area contributed by atoms with Crippen molar-refractivity contribution in [1.29, 1.82) is 0 Å². The SMILES string of the molecule is C=C(C)C1(O)CCCC1Cl. The van der Waals surface area contributed by atoms with Crippen LogP contribution in [0.5, 0.6) is 0 Å². The zero-order chi connectivity index (χ0) is 7.78. The third-order valence-corrected chi connectivity index (χ3v) is 2.85. The molecule has 0 spiro atoms. The van der Waals surface area contributed by atoms with Crippen molar-refractivity contribution in [3.05, 3.63) is 12.2 Å². The molecule has 2 atom stereocenters. The molecule has 1 fully saturated rings. The fourth-order valence-electron chi connectivity index (χ4n) is 1.43. The van der Waals surface area contributed by atoms with Crippen molar-refractivity contribution in [2.75, 3.05) is 0 Å². The molecule has 0 heterocycles. The monoisotopic (exact) mass is 160 g/mol. The Morgan fingerprint density at radius 1 is 1.80 bits per heavy atom. The van der Waals surface area contributed by atoms with Crippen molar-refractivity contribution >= 4 is 11.6 Å². The Bertz CT molecular complexity index is 155. The Labute approximate surface area is 66.7 Å². The molecule has 0 aliphatic heterocycles. The van der Waals surface area contributed by atoms with Crippen LogP contribution in [0.2, 0.25) is 0 Å². The van der Waals surface area contributed by atoms with Gasteiger partial charge in [-0.1, -0.05) is 6.58 Å². The molecule has 10 heavy (non-hydrogen) atoms. The average Bonchev–Trinajstić information content (AvgIpc) is 2.15. The number of hydrogen-bond acceptors (Lipinski definition) is 1. The maximum atomic E-state index is 9.81. The van der Waals surface area contributed by atoms with E-state index in [1.54, 1.807) is 0 Å². The molecule has 1 saturated carbocycles. The van der Waals surface area contributed by atoms with Gasteiger partial charge >= 0.3 is 0 Å². The van der Waals surface area contributed by atoms with Crippen molar-refractivity contribution in [3.63, 3.8) is 0 Å². The number of aliphatic hydroxyl groups is 1. The summed E-state index contributed by atoms with van der Waals surface area (Å²) >= 11 is 5.90. The molecule has 2 unspecified atom stereocenters. The van der Waals surface area contributed by atoms with Crippen LogP contribution in [0.15, 0.2) is 12.2 Å². The van der Waals surface area contributed by atoms with Gasteiger partial charge in [0, 0.05) is 0 Å². The molecule has 0 aromatic carbocycles. The first-order valence-electron chi connectivity index (χ1n) is 3.60. The summed E-state index contributed by atoms with van der Waals surface area (Å²) in [4.78, 5) is 0. The van der Waals surface area contributed by atoms with E-state index in [0.29, 0.717) is 0 Å². The van der Waals surface area contributed by atoms with E-state index in [1.807, 2.05) is 6.92 Å². The Morgan fingerprint density at radius 2 is 2.40 bits per heavy atom. The molecule has 0 bridgehead atoms. The summed E-state index contributed by atoms with van der Waals surface area (Å²) in [7, 11) is 0. The molecule has 1 aliphatic rings. The summed E-state index contributed by atoms with van der Waals surface area (Å²) in [6, 6.07) is 0. The quantitative estimate of drug-likeness (QED) is 0.460. The second-order valence-electron chi connectivity index (χ2n) is 3.06. The Hall–Kier alpha value is -0.0100. The molecular formula is C8H13ClO. The molecule has 1 N–H and O–H groups in total. The minimum atomic E-state index is -0.776. The maximum absolute atomic E-state index is 9.81. The van der Waals surface area contributed by atoms with Crippen LogP contribution in [-0.4, -0.2) is 16.1 Å². The maximum Gasteiger partial charge on any atom is 0.101 e. The van der Waals surface area contributed by atoms with E-state index >= 15 is 0 Å². The standard InChI is InChI=1S/C8H13ClO/c1-6(2)8(10)5-3-4-7(8)9/h7,10H,1,3-5H2,2H3. The van der Waals surface area contributed by atoms with Crippen LogP contribution < -0.4 is 0 Å². The predicted octanol–water partition coefficient (Wildman–Crippen LogP) is 2.08. The smallest absolute Gasteiger partial charge is 0.101 e. The lowest BCUT2D eigenvalue weighted by molar-refractivity contribution is 0.0902. The van der Waals surface area contributed by atoms with E-state index in [4.69, 9.17) is 11.6 Å². The van der Waals surface area contributed by atoms with Gasteiger partial charge in [-0.25, -0.2) is 0 Å². The minimum Gasteiger partial charge on any atom is -0.384 e. The summed E-state index contributed by atoms with van der Waals surface area (Å²) in [5, 5.41) is 9.69. The summed E-state index contributed by atoms with van der Waals surface area (Å²) in [6.07, 6.45) is 2.69. The van der Waals surface area contributed by atoms with Crippen molar-refractivity contribution in [1.82, 2.24) is 0 Å². The third kappa shape index (κ3) is 1.08. The predicted molar refractivity (Wildman–Crippen MR) is 43.3 cm³/mol. The fourth-order valence-corrected chi connectivity index (χ4v) is 1.88.